The molecule has 90 valence electrons. The molecule has 0 fully saturated rings. The minimum Gasteiger partial charge on any atom is -0.309 e. The first-order chi connectivity index (χ1) is 8.16. The van der Waals surface area contributed by atoms with E-state index in [0.29, 0.717) is 0 Å². The molecule has 0 atom stereocenters. The third-order valence-electron chi connectivity index (χ3n) is 2.59. The minimum absolute atomic E-state index is 0.890. The molecule has 0 spiro atoms. The minimum atomic E-state index is 0.890. The molecule has 0 aliphatic rings. The maximum absolute atomic E-state index is 3.52. The van der Waals surface area contributed by atoms with Gasteiger partial charge < -0.3 is 5.32 Å². The lowest BCUT2D eigenvalue weighted by molar-refractivity contribution is 0.692. The van der Waals surface area contributed by atoms with Gasteiger partial charge in [0.2, 0.25) is 0 Å². The van der Waals surface area contributed by atoms with Crippen LogP contribution in [0, 0.1) is 6.92 Å². The molecular formula is C13H13Br2NS. The molecule has 1 aromatic carbocycles. The van der Waals surface area contributed by atoms with Crippen molar-refractivity contribution in [1.82, 2.24) is 5.32 Å². The molecule has 0 aliphatic carbocycles. The molecule has 0 aliphatic heterocycles. The SMILES string of the molecule is Cc1cscc1CNCc1ccc(Br)c(Br)c1. The van der Waals surface area contributed by atoms with Crippen LogP contribution in [0.25, 0.3) is 0 Å². The second kappa shape index (κ2) is 6.14. The molecule has 0 bridgehead atoms. The van der Waals surface area contributed by atoms with Gasteiger partial charge in [-0.05, 0) is 78.4 Å². The van der Waals surface area contributed by atoms with Gasteiger partial charge in [0.25, 0.3) is 0 Å². The van der Waals surface area contributed by atoms with Crippen molar-refractivity contribution in [1.29, 1.82) is 0 Å². The van der Waals surface area contributed by atoms with Crippen LogP contribution in [0.2, 0.25) is 0 Å². The van der Waals surface area contributed by atoms with Crippen molar-refractivity contribution in [2.24, 2.45) is 0 Å². The molecule has 0 amide bonds. The summed E-state index contributed by atoms with van der Waals surface area (Å²) in [5, 5.41) is 7.86. The molecule has 1 heterocycles. The molecular weight excluding hydrogens is 362 g/mol. The van der Waals surface area contributed by atoms with Crippen molar-refractivity contribution in [3.8, 4) is 0 Å². The van der Waals surface area contributed by atoms with Crippen LogP contribution >= 0.6 is 43.2 Å². The number of hydrogen-bond donors (Lipinski definition) is 1. The summed E-state index contributed by atoms with van der Waals surface area (Å²) in [6, 6.07) is 6.33. The van der Waals surface area contributed by atoms with Gasteiger partial charge in [-0.25, -0.2) is 0 Å². The molecule has 1 N–H and O–H groups in total. The Labute approximate surface area is 123 Å². The molecule has 1 nitrogen and oxygen atoms in total. The number of rotatable bonds is 4. The summed E-state index contributed by atoms with van der Waals surface area (Å²) in [5.41, 5.74) is 4.05. The molecule has 1 aromatic heterocycles. The van der Waals surface area contributed by atoms with Gasteiger partial charge in [-0.2, -0.15) is 11.3 Å². The molecule has 0 radical (unpaired) electrons. The first-order valence-electron chi connectivity index (χ1n) is 5.33. The number of halogens is 2. The molecule has 4 heteroatoms. The van der Waals surface area contributed by atoms with Crippen LogP contribution in [-0.2, 0) is 13.1 Å². The van der Waals surface area contributed by atoms with Gasteiger partial charge in [-0.15, -0.1) is 0 Å². The highest BCUT2D eigenvalue weighted by Gasteiger charge is 2.01. The fraction of sp³-hybridized carbons (Fsp3) is 0.231. The van der Waals surface area contributed by atoms with Crippen LogP contribution in [0.15, 0.2) is 37.9 Å². The Morgan fingerprint density at radius 2 is 1.94 bits per heavy atom. The predicted molar refractivity (Wildman–Crippen MR) is 81.4 cm³/mol. The van der Waals surface area contributed by atoms with Crippen LogP contribution < -0.4 is 5.32 Å². The van der Waals surface area contributed by atoms with Crippen molar-refractivity contribution in [3.05, 3.63) is 54.6 Å². The first-order valence-corrected chi connectivity index (χ1v) is 7.86. The third kappa shape index (κ3) is 3.65. The Hall–Kier alpha value is -0.160. The van der Waals surface area contributed by atoms with Crippen LogP contribution in [0.4, 0.5) is 0 Å². The summed E-state index contributed by atoms with van der Waals surface area (Å²) < 4.78 is 2.19. The summed E-state index contributed by atoms with van der Waals surface area (Å²) >= 11 is 8.75. The summed E-state index contributed by atoms with van der Waals surface area (Å²) in [6.07, 6.45) is 0. The lowest BCUT2D eigenvalue weighted by Gasteiger charge is -2.06. The van der Waals surface area contributed by atoms with E-state index in [0.717, 1.165) is 22.0 Å². The van der Waals surface area contributed by atoms with Gasteiger partial charge in [-0.3, -0.25) is 0 Å². The Balaban J connectivity index is 1.90. The van der Waals surface area contributed by atoms with Gasteiger partial charge in [0.15, 0.2) is 0 Å². The number of benzene rings is 1. The largest absolute Gasteiger partial charge is 0.309 e. The molecule has 2 rings (SSSR count). The highest BCUT2D eigenvalue weighted by atomic mass is 79.9. The van der Waals surface area contributed by atoms with E-state index in [4.69, 9.17) is 0 Å². The normalized spacial score (nSPS) is 10.8. The van der Waals surface area contributed by atoms with Crippen LogP contribution in [0.5, 0.6) is 0 Å². The van der Waals surface area contributed by atoms with E-state index in [9.17, 15) is 0 Å². The summed E-state index contributed by atoms with van der Waals surface area (Å²) in [7, 11) is 0. The quantitative estimate of drug-likeness (QED) is 0.804. The highest BCUT2D eigenvalue weighted by molar-refractivity contribution is 9.13. The monoisotopic (exact) mass is 373 g/mol. The lowest BCUT2D eigenvalue weighted by Crippen LogP contribution is -2.12. The molecule has 0 unspecified atom stereocenters. The third-order valence-corrected chi connectivity index (χ3v) is 5.38. The van der Waals surface area contributed by atoms with Crippen molar-refractivity contribution < 1.29 is 0 Å². The van der Waals surface area contributed by atoms with E-state index in [1.807, 2.05) is 0 Å². The zero-order chi connectivity index (χ0) is 12.3. The van der Waals surface area contributed by atoms with Gasteiger partial charge in [0.1, 0.15) is 0 Å². The average Bonchev–Trinajstić information content (AvgIpc) is 2.70. The molecule has 0 saturated carbocycles. The highest BCUT2D eigenvalue weighted by Crippen LogP contribution is 2.23. The maximum Gasteiger partial charge on any atom is 0.0320 e. The summed E-state index contributed by atoms with van der Waals surface area (Å²) in [5.74, 6) is 0. The van der Waals surface area contributed by atoms with E-state index >= 15 is 0 Å². The van der Waals surface area contributed by atoms with Crippen molar-refractivity contribution in [3.63, 3.8) is 0 Å². The van der Waals surface area contributed by atoms with Crippen LogP contribution in [0.1, 0.15) is 16.7 Å². The van der Waals surface area contributed by atoms with E-state index in [1.54, 1.807) is 11.3 Å². The van der Waals surface area contributed by atoms with E-state index < -0.39 is 0 Å². The topological polar surface area (TPSA) is 12.0 Å². The first kappa shape index (κ1) is 13.3. The Bertz CT molecular complexity index is 508. The van der Waals surface area contributed by atoms with Gasteiger partial charge >= 0.3 is 0 Å². The molecule has 17 heavy (non-hydrogen) atoms. The zero-order valence-electron chi connectivity index (χ0n) is 9.47. The fourth-order valence-corrected chi connectivity index (χ4v) is 3.09. The number of nitrogens with one attached hydrogen (secondary N) is 1. The zero-order valence-corrected chi connectivity index (χ0v) is 13.5. The average molecular weight is 375 g/mol. The predicted octanol–water partition coefficient (Wildman–Crippen LogP) is 4.87. The maximum atomic E-state index is 3.52. The van der Waals surface area contributed by atoms with Crippen molar-refractivity contribution >= 4 is 43.2 Å². The Kier molecular flexibility index (Phi) is 4.79. The second-order valence-electron chi connectivity index (χ2n) is 3.93. The number of hydrogen-bond acceptors (Lipinski definition) is 2. The van der Waals surface area contributed by atoms with Gasteiger partial charge in [0, 0.05) is 22.0 Å². The Morgan fingerprint density at radius 1 is 1.12 bits per heavy atom. The van der Waals surface area contributed by atoms with Gasteiger partial charge in [-0.1, -0.05) is 6.07 Å². The van der Waals surface area contributed by atoms with Crippen molar-refractivity contribution in [2.45, 2.75) is 20.0 Å². The fourth-order valence-electron chi connectivity index (χ4n) is 1.56. The number of aryl methyl sites for hydroxylation is 1. The molecule has 2 aromatic rings. The standard InChI is InChI=1S/C13H13Br2NS/c1-9-7-17-8-11(9)6-16-5-10-2-3-12(14)13(15)4-10/h2-4,7-8,16H,5-6H2,1H3. The smallest absolute Gasteiger partial charge is 0.0320 e. The Morgan fingerprint density at radius 3 is 2.59 bits per heavy atom. The summed E-state index contributed by atoms with van der Waals surface area (Å²) in [4.78, 5) is 0. The van der Waals surface area contributed by atoms with Crippen LogP contribution in [-0.4, -0.2) is 0 Å². The van der Waals surface area contributed by atoms with E-state index in [2.05, 4.69) is 73.1 Å². The summed E-state index contributed by atoms with van der Waals surface area (Å²) in [6.45, 7) is 3.98. The number of thiophene rings is 1. The van der Waals surface area contributed by atoms with Crippen LogP contribution in [0.3, 0.4) is 0 Å². The van der Waals surface area contributed by atoms with Gasteiger partial charge in [0.05, 0.1) is 0 Å². The molecule has 0 saturated heterocycles. The lowest BCUT2D eigenvalue weighted by atomic mass is 10.2. The van der Waals surface area contributed by atoms with E-state index in [-0.39, 0.29) is 0 Å². The van der Waals surface area contributed by atoms with E-state index in [1.165, 1.54) is 16.7 Å². The van der Waals surface area contributed by atoms with Crippen molar-refractivity contribution in [2.75, 3.05) is 0 Å². The second-order valence-corrected chi connectivity index (χ2v) is 6.38.